The van der Waals surface area contributed by atoms with Crippen molar-refractivity contribution in [3.05, 3.63) is 0 Å². The van der Waals surface area contributed by atoms with Crippen molar-refractivity contribution in [2.75, 3.05) is 6.54 Å². The average molecular weight is 281 g/mol. The van der Waals surface area contributed by atoms with Crippen LogP contribution in [0.1, 0.15) is 6.92 Å². The van der Waals surface area contributed by atoms with Gasteiger partial charge in [0.15, 0.2) is 0 Å². The highest BCUT2D eigenvalue weighted by Crippen LogP contribution is 2.32. The summed E-state index contributed by atoms with van der Waals surface area (Å²) in [6, 6.07) is 0. The van der Waals surface area contributed by atoms with Crippen LogP contribution >= 0.6 is 22.6 Å². The molecule has 1 N–H and O–H groups in total. The number of hydrogen-bond acceptors (Lipinski definition) is 2. The second kappa shape index (κ2) is 2.74. The zero-order valence-electron chi connectivity index (χ0n) is 5.70. The van der Waals surface area contributed by atoms with Crippen LogP contribution in [-0.4, -0.2) is 22.6 Å². The molecule has 2 nitrogen and oxygen atoms in total. The lowest BCUT2D eigenvalue weighted by Gasteiger charge is -2.17. The molecular formula is C5H7F3INO. The molecule has 0 aromatic heterocycles. The quantitative estimate of drug-likeness (QED) is 0.538. The van der Waals surface area contributed by atoms with Gasteiger partial charge in [-0.1, -0.05) is 0 Å². The lowest BCUT2D eigenvalue weighted by molar-refractivity contribution is -0.220. The van der Waals surface area contributed by atoms with E-state index in [-0.39, 0.29) is 6.54 Å². The maximum atomic E-state index is 11.9. The van der Waals surface area contributed by atoms with Crippen LogP contribution in [0.5, 0.6) is 0 Å². The van der Waals surface area contributed by atoms with Crippen LogP contribution in [0.4, 0.5) is 13.2 Å². The van der Waals surface area contributed by atoms with Crippen molar-refractivity contribution in [1.82, 2.24) is 5.32 Å². The monoisotopic (exact) mass is 281 g/mol. The van der Waals surface area contributed by atoms with Crippen molar-refractivity contribution in [2.24, 2.45) is 0 Å². The van der Waals surface area contributed by atoms with Gasteiger partial charge in [-0.05, 0) is 29.5 Å². The number of hydrogen-bond donors (Lipinski definition) is 1. The molecule has 1 saturated heterocycles. The molecule has 0 spiro atoms. The molecular weight excluding hydrogens is 274 g/mol. The van der Waals surface area contributed by atoms with Gasteiger partial charge in [-0.3, -0.25) is 5.32 Å². The number of nitrogens with one attached hydrogen (secondary N) is 1. The first-order valence-corrected chi connectivity index (χ1v) is 4.06. The Labute approximate surface area is 75.6 Å². The second-order valence-electron chi connectivity index (χ2n) is 2.52. The molecule has 11 heavy (non-hydrogen) atoms. The fraction of sp³-hybridized carbons (Fsp3) is 1.00. The van der Waals surface area contributed by atoms with Gasteiger partial charge < -0.3 is 4.74 Å². The molecule has 1 aliphatic heterocycles. The van der Waals surface area contributed by atoms with E-state index in [0.717, 1.165) is 0 Å². The zero-order valence-corrected chi connectivity index (χ0v) is 7.86. The maximum absolute atomic E-state index is 11.9. The van der Waals surface area contributed by atoms with Gasteiger partial charge in [0.2, 0.25) is 6.23 Å². The minimum absolute atomic E-state index is 0.220. The molecule has 1 fully saturated rings. The van der Waals surface area contributed by atoms with E-state index in [0.29, 0.717) is 0 Å². The van der Waals surface area contributed by atoms with Crippen LogP contribution in [0, 0.1) is 0 Å². The van der Waals surface area contributed by atoms with Gasteiger partial charge in [0.25, 0.3) is 0 Å². The molecule has 0 aliphatic carbocycles. The Kier molecular flexibility index (Phi) is 2.37. The zero-order chi connectivity index (χ0) is 8.70. The van der Waals surface area contributed by atoms with E-state index in [1.54, 1.807) is 6.92 Å². The third-order valence-corrected chi connectivity index (χ3v) is 1.90. The predicted molar refractivity (Wildman–Crippen MR) is 41.4 cm³/mol. The fourth-order valence-corrected chi connectivity index (χ4v) is 1.26. The van der Waals surface area contributed by atoms with Crippen LogP contribution in [0.2, 0.25) is 0 Å². The Morgan fingerprint density at radius 3 is 2.36 bits per heavy atom. The number of rotatable bonds is 0. The number of halogens is 4. The van der Waals surface area contributed by atoms with Crippen molar-refractivity contribution >= 4 is 22.6 Å². The SMILES string of the molecule is CC1(I)CNC(C(F)(F)F)O1. The number of alkyl halides is 4. The Balaban J connectivity index is 2.55. The lowest BCUT2D eigenvalue weighted by Crippen LogP contribution is -2.38. The van der Waals surface area contributed by atoms with E-state index in [9.17, 15) is 13.2 Å². The molecule has 2 atom stereocenters. The smallest absolute Gasteiger partial charge is 0.336 e. The van der Waals surface area contributed by atoms with Crippen molar-refractivity contribution in [2.45, 2.75) is 22.9 Å². The van der Waals surface area contributed by atoms with Crippen molar-refractivity contribution in [1.29, 1.82) is 0 Å². The highest BCUT2D eigenvalue weighted by molar-refractivity contribution is 14.1. The van der Waals surface area contributed by atoms with Crippen LogP contribution in [-0.2, 0) is 4.74 Å². The molecule has 0 saturated carbocycles. The van der Waals surface area contributed by atoms with Gasteiger partial charge in [-0.15, -0.1) is 0 Å². The summed E-state index contributed by atoms with van der Waals surface area (Å²) in [5.41, 5.74) is 0. The van der Waals surface area contributed by atoms with Gasteiger partial charge in [0, 0.05) is 6.54 Å². The van der Waals surface area contributed by atoms with Crippen molar-refractivity contribution in [3.63, 3.8) is 0 Å². The molecule has 0 amide bonds. The van der Waals surface area contributed by atoms with Gasteiger partial charge in [0.05, 0.1) is 0 Å². The molecule has 6 heteroatoms. The summed E-state index contributed by atoms with van der Waals surface area (Å²) < 4.78 is 39.7. The van der Waals surface area contributed by atoms with Crippen LogP contribution < -0.4 is 5.32 Å². The summed E-state index contributed by atoms with van der Waals surface area (Å²) >= 11 is 1.84. The molecule has 0 radical (unpaired) electrons. The second-order valence-corrected chi connectivity index (χ2v) is 4.80. The normalized spacial score (nSPS) is 39.5. The summed E-state index contributed by atoms with van der Waals surface area (Å²) in [6.45, 7) is 1.82. The standard InChI is InChI=1S/C5H7F3INO/c1-4(9)2-10-3(11-4)5(6,7)8/h3,10H,2H2,1H3. The predicted octanol–water partition coefficient (Wildman–Crippen LogP) is 1.65. The highest BCUT2D eigenvalue weighted by Gasteiger charge is 2.48. The summed E-state index contributed by atoms with van der Waals surface area (Å²) in [7, 11) is 0. The Morgan fingerprint density at radius 2 is 2.18 bits per heavy atom. The van der Waals surface area contributed by atoms with E-state index in [4.69, 9.17) is 0 Å². The summed E-state index contributed by atoms with van der Waals surface area (Å²) in [5.74, 6) is 0. The summed E-state index contributed by atoms with van der Waals surface area (Å²) in [6.07, 6.45) is -6.10. The van der Waals surface area contributed by atoms with E-state index in [1.165, 1.54) is 0 Å². The van der Waals surface area contributed by atoms with E-state index in [2.05, 4.69) is 10.1 Å². The van der Waals surface area contributed by atoms with Gasteiger partial charge >= 0.3 is 6.18 Å². The first kappa shape index (κ1) is 9.53. The Hall–Kier alpha value is 0.440. The molecule has 66 valence electrons. The van der Waals surface area contributed by atoms with E-state index >= 15 is 0 Å². The maximum Gasteiger partial charge on any atom is 0.428 e. The van der Waals surface area contributed by atoms with Gasteiger partial charge in [-0.25, -0.2) is 0 Å². The summed E-state index contributed by atoms with van der Waals surface area (Å²) in [5, 5.41) is 2.23. The van der Waals surface area contributed by atoms with Gasteiger partial charge in [-0.2, -0.15) is 13.2 Å². The third-order valence-electron chi connectivity index (χ3n) is 1.26. The molecule has 1 rings (SSSR count). The van der Waals surface area contributed by atoms with Gasteiger partial charge in [0.1, 0.15) is 3.61 Å². The topological polar surface area (TPSA) is 21.3 Å². The third kappa shape index (κ3) is 2.45. The molecule has 0 aromatic rings. The van der Waals surface area contributed by atoms with Crippen molar-refractivity contribution < 1.29 is 17.9 Å². The van der Waals surface area contributed by atoms with Crippen LogP contribution in [0.15, 0.2) is 0 Å². The van der Waals surface area contributed by atoms with E-state index < -0.39 is 16.0 Å². The first-order valence-electron chi connectivity index (χ1n) is 2.98. The van der Waals surface area contributed by atoms with Crippen molar-refractivity contribution in [3.8, 4) is 0 Å². The fourth-order valence-electron chi connectivity index (χ4n) is 0.787. The molecule has 1 heterocycles. The van der Waals surface area contributed by atoms with Crippen LogP contribution in [0.3, 0.4) is 0 Å². The minimum atomic E-state index is -4.30. The molecule has 2 unspecified atom stereocenters. The minimum Gasteiger partial charge on any atom is -0.336 e. The van der Waals surface area contributed by atoms with Crippen LogP contribution in [0.25, 0.3) is 0 Å². The molecule has 0 bridgehead atoms. The largest absolute Gasteiger partial charge is 0.428 e. The average Bonchev–Trinajstić information content (AvgIpc) is 2.07. The van der Waals surface area contributed by atoms with E-state index in [1.807, 2.05) is 22.6 Å². The molecule has 1 aliphatic rings. The lowest BCUT2D eigenvalue weighted by atomic mass is 10.4. The summed E-state index contributed by atoms with van der Waals surface area (Å²) in [4.78, 5) is 0. The molecule has 0 aromatic carbocycles. The highest BCUT2D eigenvalue weighted by atomic mass is 127. The first-order chi connectivity index (χ1) is 4.81. The number of ether oxygens (including phenoxy) is 1. The Bertz CT molecular complexity index is 158. The Morgan fingerprint density at radius 1 is 1.64 bits per heavy atom.